The predicted molar refractivity (Wildman–Crippen MR) is 61.9 cm³/mol. The molecule has 82 valence electrons. The van der Waals surface area contributed by atoms with Crippen molar-refractivity contribution in [3.05, 3.63) is 17.1 Å². The van der Waals surface area contributed by atoms with E-state index in [1.54, 1.807) is 0 Å². The van der Waals surface area contributed by atoms with Gasteiger partial charge in [-0.05, 0) is 25.7 Å². The Labute approximate surface area is 91.1 Å². The van der Waals surface area contributed by atoms with Crippen LogP contribution in [0.4, 0.5) is 5.82 Å². The van der Waals surface area contributed by atoms with Gasteiger partial charge in [0.25, 0.3) is 0 Å². The van der Waals surface area contributed by atoms with Gasteiger partial charge in [-0.1, -0.05) is 20.3 Å². The highest BCUT2D eigenvalue weighted by Crippen LogP contribution is 2.35. The molecule has 2 rings (SSSR count). The van der Waals surface area contributed by atoms with E-state index in [0.29, 0.717) is 17.7 Å². The van der Waals surface area contributed by atoms with E-state index in [4.69, 9.17) is 5.73 Å². The number of nitrogens with zero attached hydrogens (tertiary/aromatic N) is 2. The molecule has 0 amide bonds. The van der Waals surface area contributed by atoms with Crippen molar-refractivity contribution >= 4 is 5.82 Å². The Balaban J connectivity index is 2.37. The maximum Gasteiger partial charge on any atom is 0.134 e. The van der Waals surface area contributed by atoms with Crippen molar-refractivity contribution in [2.45, 2.75) is 51.9 Å². The Morgan fingerprint density at radius 1 is 1.27 bits per heavy atom. The molecule has 1 aromatic rings. The minimum atomic E-state index is 0.403. The summed E-state index contributed by atoms with van der Waals surface area (Å²) in [6.07, 6.45) is 3.75. The van der Waals surface area contributed by atoms with Gasteiger partial charge in [0.1, 0.15) is 11.6 Å². The number of hydrogen-bond acceptors (Lipinski definition) is 3. The summed E-state index contributed by atoms with van der Waals surface area (Å²) >= 11 is 0. The first-order valence-electron chi connectivity index (χ1n) is 5.73. The lowest BCUT2D eigenvalue weighted by molar-refractivity contribution is 0.400. The van der Waals surface area contributed by atoms with Gasteiger partial charge in [-0.25, -0.2) is 9.97 Å². The molecule has 0 unspecified atom stereocenters. The van der Waals surface area contributed by atoms with Crippen LogP contribution in [-0.4, -0.2) is 9.97 Å². The number of hydrogen-bond donors (Lipinski definition) is 1. The van der Waals surface area contributed by atoms with Gasteiger partial charge >= 0.3 is 0 Å². The van der Waals surface area contributed by atoms with Gasteiger partial charge in [0, 0.05) is 17.2 Å². The Kier molecular flexibility index (Phi) is 2.63. The largest absolute Gasteiger partial charge is 0.383 e. The number of rotatable bonds is 2. The van der Waals surface area contributed by atoms with Gasteiger partial charge in [0.15, 0.2) is 0 Å². The van der Waals surface area contributed by atoms with E-state index in [2.05, 4.69) is 23.8 Å². The first-order chi connectivity index (χ1) is 7.09. The van der Waals surface area contributed by atoms with Crippen molar-refractivity contribution in [1.29, 1.82) is 0 Å². The van der Waals surface area contributed by atoms with Gasteiger partial charge in [-0.15, -0.1) is 0 Å². The van der Waals surface area contributed by atoms with E-state index in [-0.39, 0.29) is 0 Å². The fourth-order valence-corrected chi connectivity index (χ4v) is 2.19. The molecule has 0 radical (unpaired) electrons. The monoisotopic (exact) mass is 205 g/mol. The van der Waals surface area contributed by atoms with Crippen LogP contribution in [0.25, 0.3) is 0 Å². The molecule has 1 saturated carbocycles. The maximum atomic E-state index is 5.99. The first kappa shape index (κ1) is 10.4. The molecule has 3 nitrogen and oxygen atoms in total. The minimum absolute atomic E-state index is 0.403. The number of nitrogens with two attached hydrogens (primary N) is 1. The second-order valence-corrected chi connectivity index (χ2v) is 4.75. The van der Waals surface area contributed by atoms with Crippen LogP contribution in [0.3, 0.4) is 0 Å². The number of aromatic nitrogens is 2. The summed E-state index contributed by atoms with van der Waals surface area (Å²) in [6.45, 7) is 6.30. The molecule has 1 aromatic heterocycles. The smallest absolute Gasteiger partial charge is 0.134 e. The molecule has 1 aliphatic rings. The van der Waals surface area contributed by atoms with E-state index in [9.17, 15) is 0 Å². The topological polar surface area (TPSA) is 51.8 Å². The summed E-state index contributed by atoms with van der Waals surface area (Å²) in [4.78, 5) is 9.03. The Morgan fingerprint density at radius 3 is 2.33 bits per heavy atom. The van der Waals surface area contributed by atoms with Crippen LogP contribution in [0, 0.1) is 6.92 Å². The van der Waals surface area contributed by atoms with Crippen LogP contribution in [0.2, 0.25) is 0 Å². The summed E-state index contributed by atoms with van der Waals surface area (Å²) in [7, 11) is 0. The zero-order valence-electron chi connectivity index (χ0n) is 9.75. The highest BCUT2D eigenvalue weighted by molar-refractivity contribution is 5.44. The van der Waals surface area contributed by atoms with Crippen molar-refractivity contribution in [1.82, 2.24) is 9.97 Å². The van der Waals surface area contributed by atoms with Crippen molar-refractivity contribution in [3.8, 4) is 0 Å². The van der Waals surface area contributed by atoms with Gasteiger partial charge in [0.05, 0.1) is 0 Å². The van der Waals surface area contributed by atoms with E-state index < -0.39 is 0 Å². The zero-order chi connectivity index (χ0) is 11.0. The quantitative estimate of drug-likeness (QED) is 0.807. The highest BCUT2D eigenvalue weighted by atomic mass is 15.0. The highest BCUT2D eigenvalue weighted by Gasteiger charge is 2.24. The summed E-state index contributed by atoms with van der Waals surface area (Å²) in [5.74, 6) is 2.60. The standard InChI is InChI=1S/C12H19N3/c1-7(2)10-8(3)14-12(15-11(10)13)9-5-4-6-9/h7,9H,4-6H2,1-3H3,(H2,13,14,15). The lowest BCUT2D eigenvalue weighted by Gasteiger charge is -2.25. The molecule has 1 fully saturated rings. The molecule has 0 aromatic carbocycles. The number of aryl methyl sites for hydroxylation is 1. The third-order valence-electron chi connectivity index (χ3n) is 3.23. The molecule has 0 bridgehead atoms. The third kappa shape index (κ3) is 1.83. The van der Waals surface area contributed by atoms with E-state index in [0.717, 1.165) is 17.1 Å². The average Bonchev–Trinajstić information content (AvgIpc) is 1.97. The van der Waals surface area contributed by atoms with Crippen LogP contribution in [0.5, 0.6) is 0 Å². The minimum Gasteiger partial charge on any atom is -0.383 e. The molecule has 0 spiro atoms. The number of anilines is 1. The summed E-state index contributed by atoms with van der Waals surface area (Å²) in [6, 6.07) is 0. The molecular weight excluding hydrogens is 186 g/mol. The normalized spacial score (nSPS) is 16.8. The molecule has 3 heteroatoms. The summed E-state index contributed by atoms with van der Waals surface area (Å²) in [5, 5.41) is 0. The SMILES string of the molecule is Cc1nc(C2CCC2)nc(N)c1C(C)C. The Bertz CT molecular complexity index is 344. The van der Waals surface area contributed by atoms with E-state index in [1.165, 1.54) is 19.3 Å². The maximum absolute atomic E-state index is 5.99. The van der Waals surface area contributed by atoms with Crippen LogP contribution < -0.4 is 5.73 Å². The van der Waals surface area contributed by atoms with E-state index in [1.807, 2.05) is 6.92 Å². The van der Waals surface area contributed by atoms with Crippen molar-refractivity contribution in [3.63, 3.8) is 0 Å². The van der Waals surface area contributed by atoms with Gasteiger partial charge in [0.2, 0.25) is 0 Å². The van der Waals surface area contributed by atoms with E-state index >= 15 is 0 Å². The lowest BCUT2D eigenvalue weighted by atomic mass is 9.84. The van der Waals surface area contributed by atoms with Crippen molar-refractivity contribution in [2.24, 2.45) is 0 Å². The Hall–Kier alpha value is -1.12. The summed E-state index contributed by atoms with van der Waals surface area (Å²) in [5.41, 5.74) is 8.15. The van der Waals surface area contributed by atoms with Gasteiger partial charge in [-0.2, -0.15) is 0 Å². The van der Waals surface area contributed by atoms with Crippen LogP contribution >= 0.6 is 0 Å². The Morgan fingerprint density at radius 2 is 1.93 bits per heavy atom. The molecule has 1 heterocycles. The average molecular weight is 205 g/mol. The van der Waals surface area contributed by atoms with Crippen LogP contribution in [-0.2, 0) is 0 Å². The third-order valence-corrected chi connectivity index (χ3v) is 3.23. The molecule has 2 N–H and O–H groups in total. The van der Waals surface area contributed by atoms with Crippen molar-refractivity contribution in [2.75, 3.05) is 5.73 Å². The van der Waals surface area contributed by atoms with Crippen molar-refractivity contribution < 1.29 is 0 Å². The molecule has 1 aliphatic carbocycles. The molecule has 0 aliphatic heterocycles. The number of nitrogen functional groups attached to an aromatic ring is 1. The molecule has 0 saturated heterocycles. The fourth-order valence-electron chi connectivity index (χ4n) is 2.19. The van der Waals surface area contributed by atoms with Crippen LogP contribution in [0.15, 0.2) is 0 Å². The zero-order valence-corrected chi connectivity index (χ0v) is 9.75. The second-order valence-electron chi connectivity index (χ2n) is 4.75. The predicted octanol–water partition coefficient (Wildman–Crippen LogP) is 2.76. The first-order valence-corrected chi connectivity index (χ1v) is 5.73. The molecular formula is C12H19N3. The second kappa shape index (κ2) is 3.80. The van der Waals surface area contributed by atoms with Gasteiger partial charge in [-0.3, -0.25) is 0 Å². The fraction of sp³-hybridized carbons (Fsp3) is 0.667. The molecule has 15 heavy (non-hydrogen) atoms. The lowest BCUT2D eigenvalue weighted by Crippen LogP contribution is -2.16. The van der Waals surface area contributed by atoms with Gasteiger partial charge < -0.3 is 5.73 Å². The molecule has 0 atom stereocenters. The summed E-state index contributed by atoms with van der Waals surface area (Å²) < 4.78 is 0. The van der Waals surface area contributed by atoms with Crippen LogP contribution in [0.1, 0.15) is 62.0 Å².